The number of carboxylic acid groups (broad SMARTS) is 2. The number of benzene rings is 1. The number of aliphatic carboxylic acids is 2. The molecule has 0 spiro atoms. The molecule has 0 saturated carbocycles. The minimum Gasteiger partial charge on any atom is -0.480 e. The van der Waals surface area contributed by atoms with Crippen LogP contribution >= 0.6 is 0 Å². The Morgan fingerprint density at radius 1 is 1.13 bits per heavy atom. The first-order chi connectivity index (χ1) is 10.6. The van der Waals surface area contributed by atoms with Crippen LogP contribution in [0.1, 0.15) is 11.1 Å². The Balaban J connectivity index is 2.73. The Bertz CT molecular complexity index is 671. The highest BCUT2D eigenvalue weighted by molar-refractivity contribution is 7.89. The molecule has 0 heterocycles. The predicted octanol–water partition coefficient (Wildman–Crippen LogP) is 0.0529. The summed E-state index contributed by atoms with van der Waals surface area (Å²) in [5, 5.41) is 17.5. The Hall–Kier alpha value is -1.97. The molecule has 0 bridgehead atoms. The number of nitrogens with one attached hydrogen (secondary N) is 1. The van der Waals surface area contributed by atoms with Crippen LogP contribution in [0.25, 0.3) is 0 Å². The molecule has 1 aromatic carbocycles. The summed E-state index contributed by atoms with van der Waals surface area (Å²) in [5.41, 5.74) is 1.39. The van der Waals surface area contributed by atoms with Gasteiger partial charge in [-0.3, -0.25) is 14.5 Å². The van der Waals surface area contributed by atoms with E-state index in [2.05, 4.69) is 4.72 Å². The van der Waals surface area contributed by atoms with Gasteiger partial charge in [0.05, 0.1) is 18.0 Å². The Kier molecular flexibility index (Phi) is 6.67. The van der Waals surface area contributed by atoms with Crippen molar-refractivity contribution in [3.05, 3.63) is 29.3 Å². The van der Waals surface area contributed by atoms with E-state index in [1.165, 1.54) is 0 Å². The quantitative estimate of drug-likeness (QED) is 0.578. The number of hydrogen-bond acceptors (Lipinski definition) is 5. The molecule has 0 radical (unpaired) electrons. The highest BCUT2D eigenvalue weighted by Gasteiger charge is 2.18. The summed E-state index contributed by atoms with van der Waals surface area (Å²) < 4.78 is 26.9. The molecule has 0 fully saturated rings. The molecule has 0 aliphatic rings. The predicted molar refractivity (Wildman–Crippen MR) is 82.8 cm³/mol. The lowest BCUT2D eigenvalue weighted by Crippen LogP contribution is -2.40. The second-order valence-corrected chi connectivity index (χ2v) is 6.90. The first-order valence-corrected chi connectivity index (χ1v) is 8.33. The van der Waals surface area contributed by atoms with Gasteiger partial charge in [0, 0.05) is 13.1 Å². The van der Waals surface area contributed by atoms with Gasteiger partial charge < -0.3 is 10.2 Å². The zero-order valence-electron chi connectivity index (χ0n) is 12.9. The molecule has 0 unspecified atom stereocenters. The molecule has 3 N–H and O–H groups in total. The average Bonchev–Trinajstić information content (AvgIpc) is 2.39. The van der Waals surface area contributed by atoms with Crippen molar-refractivity contribution in [3.8, 4) is 0 Å². The van der Waals surface area contributed by atoms with Crippen LogP contribution < -0.4 is 4.72 Å². The van der Waals surface area contributed by atoms with Crippen LogP contribution in [0.15, 0.2) is 23.1 Å². The molecule has 8 nitrogen and oxygen atoms in total. The zero-order chi connectivity index (χ0) is 17.6. The van der Waals surface area contributed by atoms with Crippen molar-refractivity contribution in [2.45, 2.75) is 18.7 Å². The van der Waals surface area contributed by atoms with Crippen LogP contribution in [0, 0.1) is 13.8 Å². The Morgan fingerprint density at radius 2 is 1.70 bits per heavy atom. The summed E-state index contributed by atoms with van der Waals surface area (Å²) in [7, 11) is -3.74. The van der Waals surface area contributed by atoms with E-state index in [1.54, 1.807) is 32.0 Å². The molecule has 1 aromatic rings. The van der Waals surface area contributed by atoms with E-state index in [4.69, 9.17) is 10.2 Å². The van der Waals surface area contributed by atoms with Crippen LogP contribution in [0.2, 0.25) is 0 Å². The van der Waals surface area contributed by atoms with E-state index in [1.807, 2.05) is 0 Å². The van der Waals surface area contributed by atoms with Crippen LogP contribution in [0.5, 0.6) is 0 Å². The van der Waals surface area contributed by atoms with Crippen molar-refractivity contribution < 1.29 is 28.2 Å². The maximum absolute atomic E-state index is 12.3. The molecule has 1 rings (SSSR count). The van der Waals surface area contributed by atoms with Gasteiger partial charge in [-0.2, -0.15) is 0 Å². The van der Waals surface area contributed by atoms with E-state index < -0.39 is 35.1 Å². The third kappa shape index (κ3) is 6.35. The van der Waals surface area contributed by atoms with E-state index in [0.29, 0.717) is 5.56 Å². The number of carboxylic acids is 2. The standard InChI is InChI=1S/C14H20N2O6S/c1-10-3-4-11(2)12(7-10)23(21,22)15-5-6-16(8-13(17)18)9-14(19)20/h3-4,7,15H,5-6,8-9H2,1-2H3,(H,17,18)(H,19,20). The molecule has 0 aliphatic carbocycles. The average molecular weight is 344 g/mol. The number of carbonyl (C=O) groups is 2. The smallest absolute Gasteiger partial charge is 0.317 e. The van der Waals surface area contributed by atoms with Crippen molar-refractivity contribution in [1.29, 1.82) is 0 Å². The molecular weight excluding hydrogens is 324 g/mol. The van der Waals surface area contributed by atoms with E-state index >= 15 is 0 Å². The lowest BCUT2D eigenvalue weighted by atomic mass is 10.2. The minimum absolute atomic E-state index is 0.0251. The van der Waals surface area contributed by atoms with Gasteiger partial charge in [-0.05, 0) is 31.0 Å². The zero-order valence-corrected chi connectivity index (χ0v) is 13.8. The molecule has 9 heteroatoms. The topological polar surface area (TPSA) is 124 Å². The van der Waals surface area contributed by atoms with Crippen molar-refractivity contribution in [3.63, 3.8) is 0 Å². The number of rotatable bonds is 9. The van der Waals surface area contributed by atoms with E-state index in [9.17, 15) is 18.0 Å². The molecule has 128 valence electrons. The van der Waals surface area contributed by atoms with E-state index in [0.717, 1.165) is 10.5 Å². The van der Waals surface area contributed by atoms with Gasteiger partial charge in [0.15, 0.2) is 0 Å². The van der Waals surface area contributed by atoms with Gasteiger partial charge >= 0.3 is 11.9 Å². The molecule has 0 atom stereocenters. The molecular formula is C14H20N2O6S. The highest BCUT2D eigenvalue weighted by Crippen LogP contribution is 2.16. The van der Waals surface area contributed by atoms with Crippen molar-refractivity contribution in [2.75, 3.05) is 26.2 Å². The number of hydrogen-bond donors (Lipinski definition) is 3. The summed E-state index contributed by atoms with van der Waals surface area (Å²) in [4.78, 5) is 22.7. The van der Waals surface area contributed by atoms with Gasteiger partial charge in [-0.25, -0.2) is 13.1 Å². The second-order valence-electron chi connectivity index (χ2n) is 5.16. The molecule has 0 aliphatic heterocycles. The SMILES string of the molecule is Cc1ccc(C)c(S(=O)(=O)NCCN(CC(=O)O)CC(=O)O)c1. The van der Waals surface area contributed by atoms with Gasteiger partial charge in [0.25, 0.3) is 0 Å². The third-order valence-corrected chi connectivity index (χ3v) is 4.67. The van der Waals surface area contributed by atoms with Crippen LogP contribution in [0.3, 0.4) is 0 Å². The van der Waals surface area contributed by atoms with Gasteiger partial charge in [-0.1, -0.05) is 12.1 Å². The summed E-state index contributed by atoms with van der Waals surface area (Å²) in [6.45, 7) is 2.39. The first-order valence-electron chi connectivity index (χ1n) is 6.84. The van der Waals surface area contributed by atoms with Gasteiger partial charge in [-0.15, -0.1) is 0 Å². The molecule has 0 amide bonds. The lowest BCUT2D eigenvalue weighted by molar-refractivity contribution is -0.141. The van der Waals surface area contributed by atoms with Gasteiger partial charge in [0.2, 0.25) is 10.0 Å². The molecule has 23 heavy (non-hydrogen) atoms. The fourth-order valence-corrected chi connectivity index (χ4v) is 3.36. The van der Waals surface area contributed by atoms with Crippen molar-refractivity contribution in [2.24, 2.45) is 0 Å². The normalized spacial score (nSPS) is 11.6. The van der Waals surface area contributed by atoms with E-state index in [-0.39, 0.29) is 18.0 Å². The number of aryl methyl sites for hydroxylation is 2. The van der Waals surface area contributed by atoms with Crippen molar-refractivity contribution >= 4 is 22.0 Å². The maximum Gasteiger partial charge on any atom is 0.317 e. The van der Waals surface area contributed by atoms with Crippen LogP contribution in [-0.2, 0) is 19.6 Å². The fraction of sp³-hybridized carbons (Fsp3) is 0.429. The van der Waals surface area contributed by atoms with Gasteiger partial charge in [0.1, 0.15) is 0 Å². The summed E-state index contributed by atoms with van der Waals surface area (Å²) in [6, 6.07) is 5.05. The van der Waals surface area contributed by atoms with Crippen molar-refractivity contribution in [1.82, 2.24) is 9.62 Å². The van der Waals surface area contributed by atoms with Crippen LogP contribution in [-0.4, -0.2) is 61.6 Å². The summed E-state index contributed by atoms with van der Waals surface area (Å²) in [5.74, 6) is -2.35. The minimum atomic E-state index is -3.74. The number of nitrogens with zero attached hydrogens (tertiary/aromatic N) is 1. The summed E-state index contributed by atoms with van der Waals surface area (Å²) >= 11 is 0. The first kappa shape index (κ1) is 19.1. The Labute approximate surface area is 134 Å². The van der Waals surface area contributed by atoms with Crippen LogP contribution in [0.4, 0.5) is 0 Å². The monoisotopic (exact) mass is 344 g/mol. The number of sulfonamides is 1. The largest absolute Gasteiger partial charge is 0.480 e. The molecule has 0 saturated heterocycles. The maximum atomic E-state index is 12.3. The lowest BCUT2D eigenvalue weighted by Gasteiger charge is -2.18. The summed E-state index contributed by atoms with van der Waals surface area (Å²) in [6.07, 6.45) is 0. The fourth-order valence-electron chi connectivity index (χ4n) is 2.01. The third-order valence-electron chi connectivity index (χ3n) is 3.07. The Morgan fingerprint density at radius 3 is 2.22 bits per heavy atom. The highest BCUT2D eigenvalue weighted by atomic mass is 32.2. The molecule has 0 aromatic heterocycles. The second kappa shape index (κ2) is 8.04.